The van der Waals surface area contributed by atoms with Gasteiger partial charge in [-0.3, -0.25) is 0 Å². The first-order valence-corrected chi connectivity index (χ1v) is 8.59. The fourth-order valence-electron chi connectivity index (χ4n) is 1.72. The molecule has 0 unspecified atom stereocenters. The number of halogens is 1. The summed E-state index contributed by atoms with van der Waals surface area (Å²) < 4.78 is 34.9. The zero-order valence-electron chi connectivity index (χ0n) is 9.89. The van der Waals surface area contributed by atoms with Crippen molar-refractivity contribution in [2.24, 2.45) is 0 Å². The highest BCUT2D eigenvalue weighted by molar-refractivity contribution is 9.09. The van der Waals surface area contributed by atoms with Crippen LogP contribution in [-0.4, -0.2) is 32.7 Å². The summed E-state index contributed by atoms with van der Waals surface area (Å²) >= 11 is 3.29. The highest BCUT2D eigenvalue weighted by Gasteiger charge is 2.18. The fourth-order valence-corrected chi connectivity index (χ4v) is 3.50. The zero-order chi connectivity index (χ0) is 13.0. The summed E-state index contributed by atoms with van der Waals surface area (Å²) in [6.07, 6.45) is 1.51. The van der Waals surface area contributed by atoms with Gasteiger partial charge < -0.3 is 9.47 Å². The molecular weight excluding hydrogens is 320 g/mol. The van der Waals surface area contributed by atoms with E-state index in [9.17, 15) is 8.42 Å². The predicted octanol–water partition coefficient (Wildman–Crippen LogP) is 2.41. The van der Waals surface area contributed by atoms with Crippen molar-refractivity contribution in [3.05, 3.63) is 18.2 Å². The average molecular weight is 335 g/mol. The van der Waals surface area contributed by atoms with Gasteiger partial charge in [0.15, 0.2) is 21.3 Å². The monoisotopic (exact) mass is 334 g/mol. The molecule has 1 aromatic carbocycles. The lowest BCUT2D eigenvalue weighted by Gasteiger charge is -2.18. The molecule has 0 N–H and O–H groups in total. The first-order valence-electron chi connectivity index (χ1n) is 5.82. The van der Waals surface area contributed by atoms with Gasteiger partial charge in [-0.05, 0) is 25.0 Å². The molecule has 1 aliphatic rings. The number of rotatable bonds is 5. The van der Waals surface area contributed by atoms with Gasteiger partial charge in [0.25, 0.3) is 0 Å². The first kappa shape index (κ1) is 13.7. The van der Waals surface area contributed by atoms with E-state index in [1.807, 2.05) is 0 Å². The van der Waals surface area contributed by atoms with E-state index in [1.165, 1.54) is 0 Å². The van der Waals surface area contributed by atoms with Crippen LogP contribution >= 0.6 is 15.9 Å². The second-order valence-corrected chi connectivity index (χ2v) is 6.92. The SMILES string of the molecule is O=S(=O)(CCCCBr)c1ccc2c(c1)OCCO2. The van der Waals surface area contributed by atoms with E-state index in [1.54, 1.807) is 18.2 Å². The highest BCUT2D eigenvalue weighted by Crippen LogP contribution is 2.32. The quantitative estimate of drug-likeness (QED) is 0.613. The van der Waals surface area contributed by atoms with Gasteiger partial charge in [0.05, 0.1) is 10.6 Å². The normalized spacial score (nSPS) is 14.5. The Hall–Kier alpha value is -0.750. The van der Waals surface area contributed by atoms with Crippen LogP contribution in [0.2, 0.25) is 0 Å². The standard InChI is InChI=1S/C12H15BrO4S/c13-5-1-2-8-18(14,15)10-3-4-11-12(9-10)17-7-6-16-11/h3-4,9H,1-2,5-8H2. The maximum Gasteiger partial charge on any atom is 0.178 e. The van der Waals surface area contributed by atoms with Crippen LogP contribution in [0.5, 0.6) is 11.5 Å². The van der Waals surface area contributed by atoms with E-state index in [2.05, 4.69) is 15.9 Å². The summed E-state index contributed by atoms with van der Waals surface area (Å²) in [6.45, 7) is 0.963. The molecule has 0 amide bonds. The van der Waals surface area contributed by atoms with Crippen molar-refractivity contribution >= 4 is 25.8 Å². The number of hydrogen-bond acceptors (Lipinski definition) is 4. The molecule has 100 valence electrons. The van der Waals surface area contributed by atoms with E-state index < -0.39 is 9.84 Å². The molecule has 2 rings (SSSR count). The molecular formula is C12H15BrO4S. The van der Waals surface area contributed by atoms with E-state index in [0.717, 1.165) is 11.8 Å². The van der Waals surface area contributed by atoms with Gasteiger partial charge in [-0.15, -0.1) is 0 Å². The van der Waals surface area contributed by atoms with E-state index in [0.29, 0.717) is 36.0 Å². The second kappa shape index (κ2) is 5.93. The van der Waals surface area contributed by atoms with Crippen LogP contribution in [0.1, 0.15) is 12.8 Å². The fraction of sp³-hybridized carbons (Fsp3) is 0.500. The maximum atomic E-state index is 12.1. The number of fused-ring (bicyclic) bond motifs is 1. The molecule has 0 aromatic heterocycles. The minimum Gasteiger partial charge on any atom is -0.486 e. The van der Waals surface area contributed by atoms with Gasteiger partial charge in [0.2, 0.25) is 0 Å². The summed E-state index contributed by atoms with van der Waals surface area (Å²) in [4.78, 5) is 0.307. The van der Waals surface area contributed by atoms with Crippen molar-refractivity contribution in [3.8, 4) is 11.5 Å². The predicted molar refractivity (Wildman–Crippen MR) is 72.5 cm³/mol. The molecule has 6 heteroatoms. The van der Waals surface area contributed by atoms with Crippen LogP contribution in [0.15, 0.2) is 23.1 Å². The Morgan fingerprint density at radius 2 is 1.83 bits per heavy atom. The Morgan fingerprint density at radius 3 is 2.56 bits per heavy atom. The molecule has 4 nitrogen and oxygen atoms in total. The van der Waals surface area contributed by atoms with Gasteiger partial charge in [-0.1, -0.05) is 15.9 Å². The van der Waals surface area contributed by atoms with Crippen molar-refractivity contribution in [1.82, 2.24) is 0 Å². The molecule has 0 fully saturated rings. The molecule has 0 saturated heterocycles. The Kier molecular flexibility index (Phi) is 4.50. The lowest BCUT2D eigenvalue weighted by atomic mass is 10.3. The minimum atomic E-state index is -3.22. The Balaban J connectivity index is 2.17. The molecule has 1 heterocycles. The van der Waals surface area contributed by atoms with Crippen LogP contribution in [0, 0.1) is 0 Å². The number of benzene rings is 1. The lowest BCUT2D eigenvalue weighted by Crippen LogP contribution is -2.16. The number of sulfone groups is 1. The third kappa shape index (κ3) is 3.17. The van der Waals surface area contributed by atoms with Crippen molar-refractivity contribution in [2.45, 2.75) is 17.7 Å². The maximum absolute atomic E-state index is 12.1. The van der Waals surface area contributed by atoms with Gasteiger partial charge in [-0.25, -0.2) is 8.42 Å². The second-order valence-electron chi connectivity index (χ2n) is 4.02. The van der Waals surface area contributed by atoms with Gasteiger partial charge in [0.1, 0.15) is 13.2 Å². The summed E-state index contributed by atoms with van der Waals surface area (Å²) in [6, 6.07) is 4.79. The molecule has 0 aliphatic carbocycles. The topological polar surface area (TPSA) is 52.6 Å². The molecule has 0 spiro atoms. The Morgan fingerprint density at radius 1 is 1.11 bits per heavy atom. The minimum absolute atomic E-state index is 0.165. The summed E-state index contributed by atoms with van der Waals surface area (Å²) in [5, 5.41) is 0.823. The number of ether oxygens (including phenoxy) is 2. The lowest BCUT2D eigenvalue weighted by molar-refractivity contribution is 0.171. The molecule has 1 aliphatic heterocycles. The van der Waals surface area contributed by atoms with Crippen molar-refractivity contribution in [3.63, 3.8) is 0 Å². The molecule has 1 aromatic rings. The van der Waals surface area contributed by atoms with Crippen LogP contribution in [0.4, 0.5) is 0 Å². The highest BCUT2D eigenvalue weighted by atomic mass is 79.9. The third-order valence-electron chi connectivity index (χ3n) is 2.67. The van der Waals surface area contributed by atoms with Gasteiger partial charge >= 0.3 is 0 Å². The average Bonchev–Trinajstić information content (AvgIpc) is 2.38. The van der Waals surface area contributed by atoms with Crippen LogP contribution in [0.25, 0.3) is 0 Å². The first-order chi connectivity index (χ1) is 8.63. The van der Waals surface area contributed by atoms with Crippen LogP contribution < -0.4 is 9.47 Å². The number of hydrogen-bond donors (Lipinski definition) is 0. The van der Waals surface area contributed by atoms with E-state index in [4.69, 9.17) is 9.47 Å². The van der Waals surface area contributed by atoms with Crippen LogP contribution in [0.3, 0.4) is 0 Å². The summed E-state index contributed by atoms with van der Waals surface area (Å²) in [7, 11) is -3.22. The van der Waals surface area contributed by atoms with E-state index >= 15 is 0 Å². The molecule has 0 radical (unpaired) electrons. The summed E-state index contributed by atoms with van der Waals surface area (Å²) in [5.74, 6) is 1.29. The largest absolute Gasteiger partial charge is 0.486 e. The van der Waals surface area contributed by atoms with Crippen LogP contribution in [-0.2, 0) is 9.84 Å². The van der Waals surface area contributed by atoms with E-state index in [-0.39, 0.29) is 5.75 Å². The number of alkyl halides is 1. The molecule has 0 atom stereocenters. The van der Waals surface area contributed by atoms with Gasteiger partial charge in [-0.2, -0.15) is 0 Å². The van der Waals surface area contributed by atoms with Crippen molar-refractivity contribution in [2.75, 3.05) is 24.3 Å². The zero-order valence-corrected chi connectivity index (χ0v) is 12.3. The number of unbranched alkanes of at least 4 members (excludes halogenated alkanes) is 1. The molecule has 18 heavy (non-hydrogen) atoms. The molecule has 0 saturated carbocycles. The third-order valence-corrected chi connectivity index (χ3v) is 5.03. The smallest absolute Gasteiger partial charge is 0.178 e. The van der Waals surface area contributed by atoms with Crippen molar-refractivity contribution in [1.29, 1.82) is 0 Å². The summed E-state index contributed by atoms with van der Waals surface area (Å²) in [5.41, 5.74) is 0. The van der Waals surface area contributed by atoms with Crippen molar-refractivity contribution < 1.29 is 17.9 Å². The Bertz CT molecular complexity index is 513. The van der Waals surface area contributed by atoms with Gasteiger partial charge in [0, 0.05) is 11.4 Å². The Labute approximate surface area is 115 Å². The molecule has 0 bridgehead atoms.